The van der Waals surface area contributed by atoms with Crippen molar-refractivity contribution in [3.05, 3.63) is 36.9 Å². The maximum Gasteiger partial charge on any atom is 0.0704 e. The predicted octanol–water partition coefficient (Wildman–Crippen LogP) is 2.57. The van der Waals surface area contributed by atoms with Gasteiger partial charge in [-0.3, -0.25) is 0 Å². The van der Waals surface area contributed by atoms with E-state index in [4.69, 9.17) is 5.73 Å². The fraction of sp³-hybridized carbons (Fsp3) is 0.111. The molecule has 0 fully saturated rings. The number of benzene rings is 1. The summed E-state index contributed by atoms with van der Waals surface area (Å²) in [6.07, 6.45) is 1.81. The molecule has 0 atom stereocenters. The summed E-state index contributed by atoms with van der Waals surface area (Å²) in [5.41, 5.74) is 7.48. The molecular formula is C9H11BrN2. The molecule has 0 aliphatic carbocycles. The van der Waals surface area contributed by atoms with Crippen LogP contribution in [0.5, 0.6) is 0 Å². The third-order valence-corrected chi connectivity index (χ3v) is 2.16. The number of halogens is 1. The van der Waals surface area contributed by atoms with Crippen molar-refractivity contribution in [2.45, 2.75) is 0 Å². The van der Waals surface area contributed by atoms with E-state index in [0.29, 0.717) is 0 Å². The lowest BCUT2D eigenvalue weighted by Gasteiger charge is -2.15. The third-order valence-electron chi connectivity index (χ3n) is 1.49. The van der Waals surface area contributed by atoms with Crippen LogP contribution in [0.3, 0.4) is 0 Å². The second kappa shape index (κ2) is 4.16. The van der Waals surface area contributed by atoms with Gasteiger partial charge in [-0.15, -0.1) is 6.58 Å². The minimum Gasteiger partial charge on any atom is -0.397 e. The Morgan fingerprint density at radius 2 is 2.17 bits per heavy atom. The Hall–Kier alpha value is -0.960. The predicted molar refractivity (Wildman–Crippen MR) is 57.3 cm³/mol. The van der Waals surface area contributed by atoms with Gasteiger partial charge in [-0.2, -0.15) is 0 Å². The third kappa shape index (κ3) is 2.01. The number of anilines is 2. The molecule has 0 spiro atoms. The zero-order valence-corrected chi connectivity index (χ0v) is 8.29. The minimum atomic E-state index is 0.730. The van der Waals surface area contributed by atoms with Gasteiger partial charge in [-0.25, -0.2) is 0 Å². The molecule has 1 rings (SSSR count). The Morgan fingerprint density at radius 1 is 1.50 bits per heavy atom. The number of hydrogen-bond donors (Lipinski definition) is 1. The average molecular weight is 227 g/mol. The zero-order valence-electron chi connectivity index (χ0n) is 6.70. The molecule has 0 heterocycles. The van der Waals surface area contributed by atoms with E-state index in [1.807, 2.05) is 28.2 Å². The van der Waals surface area contributed by atoms with Crippen LogP contribution < -0.4 is 9.66 Å². The molecule has 2 N–H and O–H groups in total. The molecule has 12 heavy (non-hydrogen) atoms. The number of rotatable bonds is 3. The fourth-order valence-electron chi connectivity index (χ4n) is 0.920. The maximum atomic E-state index is 5.75. The van der Waals surface area contributed by atoms with Gasteiger partial charge >= 0.3 is 0 Å². The van der Waals surface area contributed by atoms with Gasteiger partial charge in [-0.1, -0.05) is 18.2 Å². The van der Waals surface area contributed by atoms with Crippen LogP contribution in [-0.4, -0.2) is 6.54 Å². The molecule has 0 unspecified atom stereocenters. The molecule has 1 aromatic rings. The molecule has 0 aromatic heterocycles. The van der Waals surface area contributed by atoms with Crippen LogP contribution in [0.4, 0.5) is 11.4 Å². The Balaban J connectivity index is 2.86. The molecule has 0 aliphatic heterocycles. The van der Waals surface area contributed by atoms with Crippen molar-refractivity contribution in [2.24, 2.45) is 0 Å². The molecule has 0 saturated carbocycles. The van der Waals surface area contributed by atoms with Crippen molar-refractivity contribution >= 4 is 27.5 Å². The highest BCUT2D eigenvalue weighted by Gasteiger charge is 2.02. The molecule has 0 aliphatic rings. The first-order chi connectivity index (χ1) is 5.75. The van der Waals surface area contributed by atoms with E-state index >= 15 is 0 Å². The Morgan fingerprint density at radius 3 is 2.75 bits per heavy atom. The summed E-state index contributed by atoms with van der Waals surface area (Å²) < 4.78 is 1.87. The van der Waals surface area contributed by atoms with E-state index in [9.17, 15) is 0 Å². The zero-order chi connectivity index (χ0) is 8.97. The number of para-hydroxylation sites is 2. The van der Waals surface area contributed by atoms with Crippen molar-refractivity contribution in [2.75, 3.05) is 16.2 Å². The number of hydrogen-bond acceptors (Lipinski definition) is 2. The van der Waals surface area contributed by atoms with E-state index in [2.05, 4.69) is 22.7 Å². The molecule has 2 nitrogen and oxygen atoms in total. The number of nitrogens with two attached hydrogens (primary N) is 1. The van der Waals surface area contributed by atoms with E-state index < -0.39 is 0 Å². The summed E-state index contributed by atoms with van der Waals surface area (Å²) in [7, 11) is 0. The van der Waals surface area contributed by atoms with E-state index in [1.54, 1.807) is 6.08 Å². The first kappa shape index (κ1) is 9.13. The summed E-state index contributed by atoms with van der Waals surface area (Å²) in [6.45, 7) is 4.37. The van der Waals surface area contributed by atoms with Gasteiger partial charge in [0.1, 0.15) is 0 Å². The molecule has 0 amide bonds. The monoisotopic (exact) mass is 226 g/mol. The van der Waals surface area contributed by atoms with Crippen molar-refractivity contribution in [3.8, 4) is 0 Å². The van der Waals surface area contributed by atoms with Gasteiger partial charge in [0.2, 0.25) is 0 Å². The SMILES string of the molecule is C=CCN(Br)c1ccccc1N. The molecule has 3 heteroatoms. The van der Waals surface area contributed by atoms with E-state index in [1.165, 1.54) is 0 Å². The molecule has 0 saturated heterocycles. The lowest BCUT2D eigenvalue weighted by molar-refractivity contribution is 1.24. The molecule has 1 aromatic carbocycles. The first-order valence-corrected chi connectivity index (χ1v) is 4.35. The molecular weight excluding hydrogens is 216 g/mol. The smallest absolute Gasteiger partial charge is 0.0704 e. The van der Waals surface area contributed by atoms with Crippen LogP contribution in [0.1, 0.15) is 0 Å². The van der Waals surface area contributed by atoms with Crippen LogP contribution in [0.25, 0.3) is 0 Å². The van der Waals surface area contributed by atoms with E-state index in [0.717, 1.165) is 17.9 Å². The fourth-order valence-corrected chi connectivity index (χ4v) is 1.45. The first-order valence-electron chi connectivity index (χ1n) is 3.64. The van der Waals surface area contributed by atoms with E-state index in [-0.39, 0.29) is 0 Å². The standard InChI is InChI=1S/C9H11BrN2/c1-2-7-12(10)9-6-4-3-5-8(9)11/h2-6H,1,7,11H2. The van der Waals surface area contributed by atoms with Gasteiger partial charge in [0.15, 0.2) is 0 Å². The van der Waals surface area contributed by atoms with Crippen LogP contribution in [-0.2, 0) is 0 Å². The average Bonchev–Trinajstić information content (AvgIpc) is 2.05. The highest BCUT2D eigenvalue weighted by molar-refractivity contribution is 9.10. The van der Waals surface area contributed by atoms with Crippen LogP contribution in [0.2, 0.25) is 0 Å². The van der Waals surface area contributed by atoms with Crippen LogP contribution in [0, 0.1) is 0 Å². The molecule has 0 bridgehead atoms. The Labute approximate surface area is 81.0 Å². The van der Waals surface area contributed by atoms with Gasteiger partial charge < -0.3 is 9.66 Å². The Kier molecular flexibility index (Phi) is 3.17. The topological polar surface area (TPSA) is 29.3 Å². The lowest BCUT2D eigenvalue weighted by Crippen LogP contribution is -2.10. The van der Waals surface area contributed by atoms with Gasteiger partial charge in [0.05, 0.1) is 27.5 Å². The Bertz CT molecular complexity index is 273. The summed E-state index contributed by atoms with van der Waals surface area (Å²) in [4.78, 5) is 0. The molecule has 64 valence electrons. The van der Waals surface area contributed by atoms with Crippen molar-refractivity contribution in [3.63, 3.8) is 0 Å². The summed E-state index contributed by atoms with van der Waals surface area (Å²) in [5.74, 6) is 0. The van der Waals surface area contributed by atoms with Crippen LogP contribution in [0.15, 0.2) is 36.9 Å². The number of nitrogens with zero attached hydrogens (tertiary/aromatic N) is 1. The van der Waals surface area contributed by atoms with Crippen molar-refractivity contribution in [1.29, 1.82) is 0 Å². The van der Waals surface area contributed by atoms with Crippen LogP contribution >= 0.6 is 16.1 Å². The number of nitrogen functional groups attached to an aromatic ring is 1. The lowest BCUT2D eigenvalue weighted by atomic mass is 10.3. The highest BCUT2D eigenvalue weighted by atomic mass is 79.9. The van der Waals surface area contributed by atoms with Gasteiger partial charge in [0, 0.05) is 6.54 Å². The second-order valence-corrected chi connectivity index (χ2v) is 3.25. The quantitative estimate of drug-likeness (QED) is 0.488. The summed E-state index contributed by atoms with van der Waals surface area (Å²) in [6, 6.07) is 7.68. The second-order valence-electron chi connectivity index (χ2n) is 2.39. The van der Waals surface area contributed by atoms with Gasteiger partial charge in [-0.05, 0) is 12.1 Å². The maximum absolute atomic E-state index is 5.75. The van der Waals surface area contributed by atoms with Crippen molar-refractivity contribution < 1.29 is 0 Å². The molecule has 0 radical (unpaired) electrons. The summed E-state index contributed by atoms with van der Waals surface area (Å²) >= 11 is 3.38. The minimum absolute atomic E-state index is 0.730. The summed E-state index contributed by atoms with van der Waals surface area (Å²) in [5, 5.41) is 0. The van der Waals surface area contributed by atoms with Crippen molar-refractivity contribution in [1.82, 2.24) is 0 Å². The highest BCUT2D eigenvalue weighted by Crippen LogP contribution is 2.24. The normalized spacial score (nSPS) is 9.42. The largest absolute Gasteiger partial charge is 0.397 e. The van der Waals surface area contributed by atoms with Gasteiger partial charge in [0.25, 0.3) is 0 Å².